The molecule has 27 heavy (non-hydrogen) atoms. The Bertz CT molecular complexity index is 885. The maximum atomic E-state index is 12.2. The van der Waals surface area contributed by atoms with Crippen molar-refractivity contribution in [2.24, 2.45) is 0 Å². The summed E-state index contributed by atoms with van der Waals surface area (Å²) in [5.74, 6) is 0. The number of benzene rings is 2. The van der Waals surface area contributed by atoms with Gasteiger partial charge in [0.25, 0.3) is 0 Å². The van der Waals surface area contributed by atoms with Gasteiger partial charge >= 0.3 is 6.03 Å². The molecule has 0 spiro atoms. The minimum Gasteiger partial charge on any atom is -0.337 e. The van der Waals surface area contributed by atoms with Gasteiger partial charge in [-0.15, -0.1) is 0 Å². The minimum atomic E-state index is -0.131. The van der Waals surface area contributed by atoms with E-state index >= 15 is 0 Å². The number of nitrogens with zero attached hydrogens (tertiary/aromatic N) is 2. The van der Waals surface area contributed by atoms with Crippen LogP contribution < -0.4 is 10.6 Å². The quantitative estimate of drug-likeness (QED) is 0.678. The zero-order valence-electron chi connectivity index (χ0n) is 15.3. The van der Waals surface area contributed by atoms with Crippen LogP contribution in [0.3, 0.4) is 0 Å². The zero-order chi connectivity index (χ0) is 18.5. The van der Waals surface area contributed by atoms with Crippen LogP contribution in [0.15, 0.2) is 73.1 Å². The molecule has 1 fully saturated rings. The number of hydrogen-bond acceptors (Lipinski definition) is 2. The van der Waals surface area contributed by atoms with Gasteiger partial charge in [-0.2, -0.15) is 5.10 Å². The molecule has 1 aromatic heterocycles. The second kappa shape index (κ2) is 7.66. The Morgan fingerprint density at radius 1 is 0.963 bits per heavy atom. The van der Waals surface area contributed by atoms with Crippen LogP contribution in [0.4, 0.5) is 4.79 Å². The van der Waals surface area contributed by atoms with E-state index in [2.05, 4.69) is 52.1 Å². The molecule has 3 aromatic rings. The van der Waals surface area contributed by atoms with Gasteiger partial charge in [-0.1, -0.05) is 60.7 Å². The number of aromatic nitrogens is 2. The van der Waals surface area contributed by atoms with Gasteiger partial charge in [0.1, 0.15) is 0 Å². The van der Waals surface area contributed by atoms with Crippen molar-refractivity contribution in [3.8, 4) is 0 Å². The van der Waals surface area contributed by atoms with Crippen LogP contribution >= 0.6 is 0 Å². The fourth-order valence-electron chi connectivity index (χ4n) is 3.36. The number of rotatable bonds is 7. The zero-order valence-corrected chi connectivity index (χ0v) is 15.3. The summed E-state index contributed by atoms with van der Waals surface area (Å²) in [7, 11) is 0. The van der Waals surface area contributed by atoms with Crippen LogP contribution in [0.2, 0.25) is 0 Å². The van der Waals surface area contributed by atoms with Crippen molar-refractivity contribution in [2.75, 3.05) is 6.54 Å². The first kappa shape index (κ1) is 17.3. The van der Waals surface area contributed by atoms with E-state index in [1.807, 2.05) is 35.1 Å². The van der Waals surface area contributed by atoms with Gasteiger partial charge in [0.05, 0.1) is 12.7 Å². The van der Waals surface area contributed by atoms with Gasteiger partial charge in [-0.05, 0) is 24.0 Å². The molecule has 5 heteroatoms. The standard InChI is InChI=1S/C22H24N4O/c27-21(24-17-22(11-12-22)20-9-5-2-6-10-20)23-13-19-14-25-26(16-19)15-18-7-3-1-4-8-18/h1-10,14,16H,11-13,15,17H2,(H2,23,24,27). The molecule has 1 saturated carbocycles. The number of nitrogens with one attached hydrogen (secondary N) is 2. The first-order chi connectivity index (χ1) is 13.2. The molecule has 5 nitrogen and oxygen atoms in total. The van der Waals surface area contributed by atoms with Crippen LogP contribution in [0, 0.1) is 0 Å². The van der Waals surface area contributed by atoms with Crippen molar-refractivity contribution in [2.45, 2.75) is 31.3 Å². The van der Waals surface area contributed by atoms with Crippen LogP contribution in [-0.2, 0) is 18.5 Å². The molecule has 0 bridgehead atoms. The topological polar surface area (TPSA) is 59.0 Å². The summed E-state index contributed by atoms with van der Waals surface area (Å²) >= 11 is 0. The van der Waals surface area contributed by atoms with Gasteiger partial charge in [0.2, 0.25) is 0 Å². The molecule has 1 aliphatic rings. The van der Waals surface area contributed by atoms with Crippen molar-refractivity contribution >= 4 is 6.03 Å². The minimum absolute atomic E-state index is 0.124. The highest BCUT2D eigenvalue weighted by Crippen LogP contribution is 2.47. The van der Waals surface area contributed by atoms with E-state index in [0.717, 1.165) is 24.9 Å². The molecule has 1 heterocycles. The van der Waals surface area contributed by atoms with Gasteiger partial charge in [0.15, 0.2) is 0 Å². The first-order valence-corrected chi connectivity index (χ1v) is 9.36. The number of carbonyl (C=O) groups is 1. The van der Waals surface area contributed by atoms with E-state index in [-0.39, 0.29) is 11.4 Å². The summed E-state index contributed by atoms with van der Waals surface area (Å²) in [6.45, 7) is 1.88. The van der Waals surface area contributed by atoms with E-state index in [9.17, 15) is 4.79 Å². The lowest BCUT2D eigenvalue weighted by Gasteiger charge is -2.16. The molecule has 4 rings (SSSR count). The fraction of sp³-hybridized carbons (Fsp3) is 0.273. The summed E-state index contributed by atoms with van der Waals surface area (Å²) in [6, 6.07) is 20.5. The van der Waals surface area contributed by atoms with E-state index < -0.39 is 0 Å². The van der Waals surface area contributed by atoms with E-state index in [4.69, 9.17) is 0 Å². The van der Waals surface area contributed by atoms with Crippen molar-refractivity contribution < 1.29 is 4.79 Å². The Balaban J connectivity index is 1.24. The van der Waals surface area contributed by atoms with Crippen LogP contribution in [0.25, 0.3) is 0 Å². The average Bonchev–Trinajstić information content (AvgIpc) is 3.39. The molecule has 0 unspecified atom stereocenters. The summed E-state index contributed by atoms with van der Waals surface area (Å²) in [5, 5.41) is 10.3. The van der Waals surface area contributed by atoms with Crippen molar-refractivity contribution in [1.82, 2.24) is 20.4 Å². The maximum Gasteiger partial charge on any atom is 0.315 e. The number of urea groups is 1. The SMILES string of the molecule is O=C(NCc1cnn(Cc2ccccc2)c1)NCC1(c2ccccc2)CC1. The highest BCUT2D eigenvalue weighted by Gasteiger charge is 2.44. The van der Waals surface area contributed by atoms with E-state index in [1.54, 1.807) is 6.20 Å². The lowest BCUT2D eigenvalue weighted by molar-refractivity contribution is 0.239. The summed E-state index contributed by atoms with van der Waals surface area (Å²) < 4.78 is 1.89. The highest BCUT2D eigenvalue weighted by molar-refractivity contribution is 5.74. The molecule has 2 amide bonds. The summed E-state index contributed by atoms with van der Waals surface area (Å²) in [5.41, 5.74) is 3.63. The summed E-state index contributed by atoms with van der Waals surface area (Å²) in [4.78, 5) is 12.2. The number of hydrogen-bond donors (Lipinski definition) is 2. The smallest absolute Gasteiger partial charge is 0.315 e. The average molecular weight is 360 g/mol. The molecule has 1 aliphatic carbocycles. The predicted molar refractivity (Wildman–Crippen MR) is 105 cm³/mol. The largest absolute Gasteiger partial charge is 0.337 e. The maximum absolute atomic E-state index is 12.2. The number of carbonyl (C=O) groups excluding carboxylic acids is 1. The molecule has 2 aromatic carbocycles. The monoisotopic (exact) mass is 360 g/mol. The third-order valence-electron chi connectivity index (χ3n) is 5.15. The Labute approximate surface area is 159 Å². The predicted octanol–water partition coefficient (Wildman–Crippen LogP) is 3.46. The molecular formula is C22H24N4O. The van der Waals surface area contributed by atoms with Crippen molar-refractivity contribution in [3.63, 3.8) is 0 Å². The molecule has 0 aliphatic heterocycles. The lowest BCUT2D eigenvalue weighted by atomic mass is 9.96. The molecular weight excluding hydrogens is 336 g/mol. The van der Waals surface area contributed by atoms with Gasteiger partial charge in [-0.25, -0.2) is 4.79 Å². The van der Waals surface area contributed by atoms with Crippen molar-refractivity contribution in [1.29, 1.82) is 0 Å². The molecule has 138 valence electrons. The third-order valence-corrected chi connectivity index (χ3v) is 5.15. The van der Waals surface area contributed by atoms with E-state index in [0.29, 0.717) is 13.1 Å². The van der Waals surface area contributed by atoms with Crippen LogP contribution in [0.5, 0.6) is 0 Å². The first-order valence-electron chi connectivity index (χ1n) is 9.36. The Kier molecular flexibility index (Phi) is 4.92. The molecule has 0 atom stereocenters. The second-order valence-corrected chi connectivity index (χ2v) is 7.21. The third kappa shape index (κ3) is 4.37. The fourth-order valence-corrected chi connectivity index (χ4v) is 3.36. The Morgan fingerprint density at radius 2 is 1.67 bits per heavy atom. The van der Waals surface area contributed by atoms with E-state index in [1.165, 1.54) is 11.1 Å². The summed E-state index contributed by atoms with van der Waals surface area (Å²) in [6.07, 6.45) is 6.03. The lowest BCUT2D eigenvalue weighted by Crippen LogP contribution is -2.39. The van der Waals surface area contributed by atoms with Gasteiger partial charge < -0.3 is 10.6 Å². The normalized spacial score (nSPS) is 14.5. The van der Waals surface area contributed by atoms with Gasteiger partial charge in [0, 0.05) is 30.3 Å². The van der Waals surface area contributed by atoms with Crippen LogP contribution in [-0.4, -0.2) is 22.4 Å². The molecule has 0 saturated heterocycles. The van der Waals surface area contributed by atoms with Gasteiger partial charge in [-0.3, -0.25) is 4.68 Å². The second-order valence-electron chi connectivity index (χ2n) is 7.21. The van der Waals surface area contributed by atoms with Crippen LogP contribution in [0.1, 0.15) is 29.5 Å². The Morgan fingerprint density at radius 3 is 2.37 bits per heavy atom. The Hall–Kier alpha value is -3.08. The highest BCUT2D eigenvalue weighted by atomic mass is 16.2. The number of amides is 2. The molecule has 2 N–H and O–H groups in total. The molecule has 0 radical (unpaired) electrons. The van der Waals surface area contributed by atoms with Crippen molar-refractivity contribution in [3.05, 3.63) is 89.7 Å².